The number of hydrazone groups is 1. The number of aliphatic hydroxyl groups excluding tert-OH is 1. The van der Waals surface area contributed by atoms with Crippen LogP contribution in [0.5, 0.6) is 0 Å². The molecule has 2 atom stereocenters. The highest BCUT2D eigenvalue weighted by Gasteiger charge is 2.46. The van der Waals surface area contributed by atoms with E-state index in [0.29, 0.717) is 0 Å². The van der Waals surface area contributed by atoms with Crippen LogP contribution in [-0.2, 0) is 20.2 Å². The molecule has 2 rings (SSSR count). The first-order valence-electron chi connectivity index (χ1n) is 6.27. The predicted molar refractivity (Wildman–Crippen MR) is 80.5 cm³/mol. The lowest BCUT2D eigenvalue weighted by Crippen LogP contribution is -2.37. The van der Waals surface area contributed by atoms with E-state index in [0.717, 1.165) is 11.0 Å². The van der Waals surface area contributed by atoms with Crippen molar-refractivity contribution in [2.45, 2.75) is 17.9 Å². The molecule has 1 heterocycles. The second-order valence-corrected chi connectivity index (χ2v) is 8.02. The molecule has 12 nitrogen and oxygen atoms in total. The molecule has 134 valence electrons. The Hall–Kier alpha value is -2.00. The SMILES string of the molecule is CN1C2=C(S(=O)(=O)O)C(O)/C(=N\NC(N)=O)C=C2CC1S(=O)(=O)O. The smallest absolute Gasteiger partial charge is 0.332 e. The quantitative estimate of drug-likeness (QED) is 0.269. The Morgan fingerprint density at radius 3 is 2.42 bits per heavy atom. The van der Waals surface area contributed by atoms with Gasteiger partial charge in [-0.05, 0) is 11.6 Å². The van der Waals surface area contributed by atoms with Gasteiger partial charge >= 0.3 is 6.03 Å². The number of amides is 2. The number of likely N-dealkylation sites (N-methyl/N-ethyl adjacent to an activating group) is 1. The maximum atomic E-state index is 11.6. The molecule has 0 bridgehead atoms. The molecular formula is C10H14N4O8S2. The van der Waals surface area contributed by atoms with Crippen LogP contribution in [-0.4, -0.2) is 66.2 Å². The number of rotatable bonds is 3. The number of carbonyl (C=O) groups is 1. The van der Waals surface area contributed by atoms with Crippen molar-refractivity contribution in [2.24, 2.45) is 10.8 Å². The molecular weight excluding hydrogens is 368 g/mol. The zero-order valence-corrected chi connectivity index (χ0v) is 13.7. The van der Waals surface area contributed by atoms with E-state index in [4.69, 9.17) is 5.73 Å². The minimum absolute atomic E-state index is 0.0723. The van der Waals surface area contributed by atoms with E-state index in [1.54, 1.807) is 5.43 Å². The third kappa shape index (κ3) is 3.27. The van der Waals surface area contributed by atoms with Crippen molar-refractivity contribution < 1.29 is 35.8 Å². The number of hydrogen-bond donors (Lipinski definition) is 5. The Morgan fingerprint density at radius 1 is 1.38 bits per heavy atom. The van der Waals surface area contributed by atoms with Crippen LogP contribution < -0.4 is 11.2 Å². The fourth-order valence-corrected chi connectivity index (χ4v) is 4.37. The van der Waals surface area contributed by atoms with Gasteiger partial charge in [-0.15, -0.1) is 0 Å². The average Bonchev–Trinajstić information content (AvgIpc) is 2.72. The fourth-order valence-electron chi connectivity index (χ4n) is 2.55. The number of fused-ring (bicyclic) bond motifs is 1. The first kappa shape index (κ1) is 18.3. The number of likely N-dealkylation sites (tertiary alicyclic amines) is 1. The van der Waals surface area contributed by atoms with Gasteiger partial charge in [-0.2, -0.15) is 21.9 Å². The Labute approximate surface area is 136 Å². The minimum Gasteiger partial charge on any atom is -0.381 e. The first-order chi connectivity index (χ1) is 10.8. The third-order valence-corrected chi connectivity index (χ3v) is 5.63. The van der Waals surface area contributed by atoms with Crippen molar-refractivity contribution in [1.82, 2.24) is 10.3 Å². The molecule has 6 N–H and O–H groups in total. The van der Waals surface area contributed by atoms with Crippen molar-refractivity contribution in [3.63, 3.8) is 0 Å². The van der Waals surface area contributed by atoms with E-state index >= 15 is 0 Å². The minimum atomic E-state index is -4.96. The van der Waals surface area contributed by atoms with Gasteiger partial charge in [0.2, 0.25) is 0 Å². The number of nitrogens with one attached hydrogen (secondary N) is 1. The number of aliphatic hydroxyl groups is 1. The van der Waals surface area contributed by atoms with E-state index in [1.807, 2.05) is 0 Å². The molecule has 0 aromatic heterocycles. The number of allylic oxidation sites excluding steroid dienone is 1. The fraction of sp³-hybridized carbons (Fsp3) is 0.400. The summed E-state index contributed by atoms with van der Waals surface area (Å²) in [6.45, 7) is 0. The number of nitrogens with two attached hydrogens (primary N) is 1. The molecule has 0 aromatic carbocycles. The van der Waals surface area contributed by atoms with E-state index in [1.165, 1.54) is 7.05 Å². The normalized spacial score (nSPS) is 26.4. The molecule has 2 aliphatic rings. The molecule has 0 radical (unpaired) electrons. The Morgan fingerprint density at radius 2 is 1.96 bits per heavy atom. The number of primary amides is 1. The summed E-state index contributed by atoms with van der Waals surface area (Å²) in [5.41, 5.74) is 6.03. The van der Waals surface area contributed by atoms with Crippen LogP contribution in [0.2, 0.25) is 0 Å². The highest BCUT2D eigenvalue weighted by molar-refractivity contribution is 7.90. The molecule has 0 aromatic rings. The lowest BCUT2D eigenvalue weighted by Gasteiger charge is -2.26. The topological polar surface area (TPSA) is 200 Å². The second kappa shape index (κ2) is 5.82. The van der Waals surface area contributed by atoms with Crippen LogP contribution in [0.25, 0.3) is 0 Å². The largest absolute Gasteiger partial charge is 0.381 e. The van der Waals surface area contributed by atoms with Crippen molar-refractivity contribution in [2.75, 3.05) is 7.05 Å². The molecule has 1 aliphatic carbocycles. The predicted octanol–water partition coefficient (Wildman–Crippen LogP) is -2.04. The van der Waals surface area contributed by atoms with E-state index in [-0.39, 0.29) is 23.4 Å². The summed E-state index contributed by atoms with van der Waals surface area (Å²) in [5, 5.41) is 12.0. The maximum absolute atomic E-state index is 11.6. The third-order valence-electron chi connectivity index (χ3n) is 3.48. The van der Waals surface area contributed by atoms with Gasteiger partial charge in [0.25, 0.3) is 20.2 Å². The zero-order chi connectivity index (χ0) is 18.4. The number of carbonyl (C=O) groups excluding carboxylic acids is 1. The van der Waals surface area contributed by atoms with Crippen LogP contribution >= 0.6 is 0 Å². The van der Waals surface area contributed by atoms with Gasteiger partial charge < -0.3 is 15.7 Å². The van der Waals surface area contributed by atoms with Crippen molar-refractivity contribution in [3.8, 4) is 0 Å². The molecule has 1 fully saturated rings. The van der Waals surface area contributed by atoms with Gasteiger partial charge in [0, 0.05) is 13.5 Å². The van der Waals surface area contributed by atoms with E-state index in [9.17, 15) is 35.8 Å². The zero-order valence-electron chi connectivity index (χ0n) is 12.1. The van der Waals surface area contributed by atoms with Gasteiger partial charge in [0.1, 0.15) is 11.0 Å². The Bertz CT molecular complexity index is 886. The van der Waals surface area contributed by atoms with Crippen molar-refractivity contribution in [1.29, 1.82) is 0 Å². The maximum Gasteiger partial charge on any atom is 0.332 e. The lowest BCUT2D eigenvalue weighted by molar-refractivity contribution is 0.249. The van der Waals surface area contributed by atoms with E-state index < -0.39 is 42.7 Å². The van der Waals surface area contributed by atoms with Gasteiger partial charge in [-0.25, -0.2) is 10.2 Å². The van der Waals surface area contributed by atoms with Crippen molar-refractivity contribution in [3.05, 3.63) is 22.3 Å². The molecule has 24 heavy (non-hydrogen) atoms. The standard InChI is InChI=1S/C10H14N4O8S2/c1-14-6(23(17,18)19)3-4-2-5(12-13-10(11)16)8(15)9(7(4)14)24(20,21)22/h2,6,8,15H,3H2,1H3,(H3,11,13,16)(H,17,18,19)(H,20,21,22)/b12-5-. The van der Waals surface area contributed by atoms with Crippen LogP contribution in [0.4, 0.5) is 4.79 Å². The van der Waals surface area contributed by atoms with Crippen molar-refractivity contribution >= 4 is 32.0 Å². The molecule has 2 unspecified atom stereocenters. The summed E-state index contributed by atoms with van der Waals surface area (Å²) in [7, 11) is -8.36. The summed E-state index contributed by atoms with van der Waals surface area (Å²) in [6.07, 6.45) is -1.17. The molecule has 14 heteroatoms. The van der Waals surface area contributed by atoms with Gasteiger partial charge in [-0.1, -0.05) is 0 Å². The molecule has 0 saturated carbocycles. The van der Waals surface area contributed by atoms with Gasteiger partial charge in [-0.3, -0.25) is 9.11 Å². The highest BCUT2D eigenvalue weighted by Crippen LogP contribution is 2.40. The summed E-state index contributed by atoms with van der Waals surface area (Å²) >= 11 is 0. The Balaban J connectivity index is 2.67. The first-order valence-corrected chi connectivity index (χ1v) is 9.21. The summed E-state index contributed by atoms with van der Waals surface area (Å²) in [4.78, 5) is 10.7. The van der Waals surface area contributed by atoms with Crippen LogP contribution in [0.15, 0.2) is 27.4 Å². The summed E-state index contributed by atoms with van der Waals surface area (Å²) < 4.78 is 64.7. The average molecular weight is 382 g/mol. The monoisotopic (exact) mass is 382 g/mol. The number of hydrogen-bond acceptors (Lipinski definition) is 8. The van der Waals surface area contributed by atoms with Gasteiger partial charge in [0.05, 0.1) is 11.4 Å². The van der Waals surface area contributed by atoms with Gasteiger partial charge in [0.15, 0.2) is 5.37 Å². The highest BCUT2D eigenvalue weighted by atomic mass is 32.2. The molecule has 2 amide bonds. The Kier molecular flexibility index (Phi) is 4.45. The summed E-state index contributed by atoms with van der Waals surface area (Å²) in [5.74, 6) is 0. The molecule has 1 aliphatic heterocycles. The molecule has 1 saturated heterocycles. The molecule has 0 spiro atoms. The number of nitrogens with zero attached hydrogens (tertiary/aromatic N) is 2. The second-order valence-electron chi connectivity index (χ2n) is 5.06. The van der Waals surface area contributed by atoms with Crippen LogP contribution in [0, 0.1) is 0 Å². The number of urea groups is 1. The lowest BCUT2D eigenvalue weighted by atomic mass is 10.00. The van der Waals surface area contributed by atoms with E-state index in [2.05, 4.69) is 5.10 Å². The van der Waals surface area contributed by atoms with Crippen LogP contribution in [0.3, 0.4) is 0 Å². The van der Waals surface area contributed by atoms with Crippen LogP contribution in [0.1, 0.15) is 6.42 Å². The summed E-state index contributed by atoms with van der Waals surface area (Å²) in [6, 6.07) is -1.09.